The molecule has 8 nitrogen and oxygen atoms in total. The van der Waals surface area contributed by atoms with Crippen LogP contribution in [0.15, 0.2) is 0 Å². The topological polar surface area (TPSA) is 156 Å². The average molecular weight is 460 g/mol. The van der Waals surface area contributed by atoms with E-state index in [1.54, 1.807) is 0 Å². The molecule has 0 aromatic carbocycles. The fourth-order valence-corrected chi connectivity index (χ4v) is 3.30. The smallest absolute Gasteiger partial charge is 0.320 e. The maximum atomic E-state index is 10.3. The minimum absolute atomic E-state index is 0.329. The number of amides is 2. The second-order valence-corrected chi connectivity index (χ2v) is 8.47. The quantitative estimate of drug-likeness (QED) is 0.149. The third-order valence-corrected chi connectivity index (χ3v) is 5.30. The van der Waals surface area contributed by atoms with Crippen molar-refractivity contribution in [2.24, 2.45) is 11.5 Å². The highest BCUT2D eigenvalue weighted by molar-refractivity contribution is 5.73. The first-order valence-corrected chi connectivity index (χ1v) is 12.5. The summed E-state index contributed by atoms with van der Waals surface area (Å²) in [7, 11) is 0. The summed E-state index contributed by atoms with van der Waals surface area (Å²) < 4.78 is 0. The molecule has 0 aliphatic rings. The van der Waals surface area contributed by atoms with Gasteiger partial charge in [0.05, 0.1) is 0 Å². The van der Waals surface area contributed by atoms with Crippen LogP contribution in [0.4, 0.5) is 4.79 Å². The van der Waals surface area contributed by atoms with E-state index in [4.69, 9.17) is 21.7 Å². The maximum absolute atomic E-state index is 10.3. The van der Waals surface area contributed by atoms with Gasteiger partial charge in [-0.25, -0.2) is 4.79 Å². The van der Waals surface area contributed by atoms with E-state index in [9.17, 15) is 14.4 Å². The molecule has 0 spiro atoms. The van der Waals surface area contributed by atoms with Gasteiger partial charge in [0.25, 0.3) is 0 Å². The Hall–Kier alpha value is -1.83. The van der Waals surface area contributed by atoms with Gasteiger partial charge in [-0.1, -0.05) is 96.8 Å². The summed E-state index contributed by atoms with van der Waals surface area (Å²) in [5.41, 5.74) is 9.96. The van der Waals surface area contributed by atoms with E-state index in [-0.39, 0.29) is 0 Å². The summed E-state index contributed by atoms with van der Waals surface area (Å²) in [5, 5.41) is 19.2. The summed E-state index contributed by atoms with van der Waals surface area (Å²) >= 11 is 0. The van der Waals surface area contributed by atoms with Gasteiger partial charge in [0, 0.05) is 13.0 Å². The number of hydrogen-bond acceptors (Lipinski definition) is 4. The Bertz CT molecular complexity index is 461. The predicted molar refractivity (Wildman–Crippen MR) is 130 cm³/mol. The summed E-state index contributed by atoms with van der Waals surface area (Å²) in [5.74, 6) is -1.69. The van der Waals surface area contributed by atoms with E-state index < -0.39 is 24.0 Å². The highest BCUT2D eigenvalue weighted by Gasteiger charge is 2.09. The lowest BCUT2D eigenvalue weighted by molar-refractivity contribution is -0.139. The molecule has 0 heterocycles. The standard InChI is InChI=1S/C18H36O2.C6H13N3O3/c1-2-3-4-5-6-7-8-9-10-11-12-13-14-15-16-17-18(19)20;7-4(5(10)11)2-1-3-9-6(8)12/h2-17H2,1H3,(H,19,20);4H,1-3,7H2,(H,10,11)(H3,8,9,12)/t;4-/m.0/s1. The molecule has 0 aromatic heterocycles. The second kappa shape index (κ2) is 25.4. The van der Waals surface area contributed by atoms with Crippen LogP contribution in [0.5, 0.6) is 0 Å². The summed E-state index contributed by atoms with van der Waals surface area (Å²) in [6, 6.07) is -1.47. The molecule has 0 aliphatic carbocycles. The lowest BCUT2D eigenvalue weighted by Gasteiger charge is -2.05. The van der Waals surface area contributed by atoms with Crippen LogP contribution in [0, 0.1) is 0 Å². The fraction of sp³-hybridized carbons (Fsp3) is 0.875. The van der Waals surface area contributed by atoms with Gasteiger partial charge in [-0.15, -0.1) is 0 Å². The summed E-state index contributed by atoms with van der Waals surface area (Å²) in [4.78, 5) is 30.7. The van der Waals surface area contributed by atoms with Crippen molar-refractivity contribution in [1.82, 2.24) is 5.32 Å². The van der Waals surface area contributed by atoms with Crippen LogP contribution < -0.4 is 16.8 Å². The fourth-order valence-electron chi connectivity index (χ4n) is 3.30. The van der Waals surface area contributed by atoms with Gasteiger partial charge in [-0.3, -0.25) is 9.59 Å². The second-order valence-electron chi connectivity index (χ2n) is 8.47. The van der Waals surface area contributed by atoms with Gasteiger partial charge in [-0.2, -0.15) is 0 Å². The summed E-state index contributed by atoms with van der Waals surface area (Å²) in [6.07, 6.45) is 21.0. The van der Waals surface area contributed by atoms with Crippen LogP contribution >= 0.6 is 0 Å². The molecule has 190 valence electrons. The number of carboxylic acid groups (broad SMARTS) is 2. The molecule has 0 aliphatic heterocycles. The first-order valence-electron chi connectivity index (χ1n) is 12.5. The van der Waals surface area contributed by atoms with E-state index in [0.29, 0.717) is 25.8 Å². The lowest BCUT2D eigenvalue weighted by Crippen LogP contribution is -2.33. The Morgan fingerprint density at radius 2 is 1.12 bits per heavy atom. The SMILES string of the molecule is CCCCCCCCCCCCCCCCCC(=O)O.NC(=O)NCCC[C@H](N)C(=O)O. The number of nitrogens with two attached hydrogens (primary N) is 2. The number of unbranched alkanes of at least 4 members (excludes halogenated alkanes) is 14. The number of urea groups is 1. The zero-order chi connectivity index (χ0) is 24.5. The number of carboxylic acids is 2. The third-order valence-electron chi connectivity index (χ3n) is 5.30. The molecule has 0 bridgehead atoms. The van der Waals surface area contributed by atoms with E-state index in [0.717, 1.165) is 12.8 Å². The number of hydrogen-bond donors (Lipinski definition) is 5. The zero-order valence-corrected chi connectivity index (χ0v) is 20.3. The van der Waals surface area contributed by atoms with Crippen molar-refractivity contribution in [3.05, 3.63) is 0 Å². The molecule has 0 saturated heterocycles. The molecule has 0 rings (SSSR count). The Kier molecular flexibility index (Phi) is 25.7. The van der Waals surface area contributed by atoms with Crippen molar-refractivity contribution >= 4 is 18.0 Å². The van der Waals surface area contributed by atoms with Crippen LogP contribution in [0.2, 0.25) is 0 Å². The minimum atomic E-state index is -1.03. The van der Waals surface area contributed by atoms with Crippen molar-refractivity contribution in [2.75, 3.05) is 6.54 Å². The van der Waals surface area contributed by atoms with E-state index in [1.807, 2.05) is 0 Å². The van der Waals surface area contributed by atoms with Crippen LogP contribution in [0.3, 0.4) is 0 Å². The Morgan fingerprint density at radius 3 is 1.47 bits per heavy atom. The maximum Gasteiger partial charge on any atom is 0.320 e. The Morgan fingerprint density at radius 1 is 0.719 bits per heavy atom. The van der Waals surface area contributed by atoms with Crippen molar-refractivity contribution in [3.8, 4) is 0 Å². The number of rotatable bonds is 21. The van der Waals surface area contributed by atoms with Crippen molar-refractivity contribution in [1.29, 1.82) is 0 Å². The molecular weight excluding hydrogens is 410 g/mol. The highest BCUT2D eigenvalue weighted by Crippen LogP contribution is 2.13. The number of aliphatic carboxylic acids is 2. The predicted octanol–water partition coefficient (Wildman–Crippen LogP) is 5.18. The average Bonchev–Trinajstić information content (AvgIpc) is 2.74. The molecule has 0 unspecified atom stereocenters. The number of nitrogens with one attached hydrogen (secondary N) is 1. The van der Waals surface area contributed by atoms with Gasteiger partial charge < -0.3 is 27.0 Å². The molecule has 2 amide bonds. The van der Waals surface area contributed by atoms with Gasteiger partial charge in [0.15, 0.2) is 0 Å². The highest BCUT2D eigenvalue weighted by atomic mass is 16.4. The number of carbonyl (C=O) groups is 3. The van der Waals surface area contributed by atoms with Gasteiger partial charge in [0.2, 0.25) is 0 Å². The zero-order valence-electron chi connectivity index (χ0n) is 20.3. The Balaban J connectivity index is 0. The van der Waals surface area contributed by atoms with Crippen LogP contribution in [-0.2, 0) is 9.59 Å². The normalized spacial score (nSPS) is 11.3. The minimum Gasteiger partial charge on any atom is -0.481 e. The van der Waals surface area contributed by atoms with Crippen LogP contribution in [-0.4, -0.2) is 40.8 Å². The monoisotopic (exact) mass is 459 g/mol. The molecule has 1 atom stereocenters. The molecule has 0 aromatic rings. The Labute approximate surface area is 194 Å². The molecule has 0 radical (unpaired) electrons. The molecule has 32 heavy (non-hydrogen) atoms. The summed E-state index contributed by atoms with van der Waals surface area (Å²) in [6.45, 7) is 2.63. The lowest BCUT2D eigenvalue weighted by atomic mass is 10.0. The molecule has 7 N–H and O–H groups in total. The number of primary amides is 1. The van der Waals surface area contributed by atoms with E-state index in [2.05, 4.69) is 12.2 Å². The molecular formula is C24H49N3O5. The third kappa shape index (κ3) is 30.4. The van der Waals surface area contributed by atoms with Gasteiger partial charge >= 0.3 is 18.0 Å². The van der Waals surface area contributed by atoms with Gasteiger partial charge in [0.1, 0.15) is 6.04 Å². The van der Waals surface area contributed by atoms with Crippen molar-refractivity contribution < 1.29 is 24.6 Å². The molecule has 0 fully saturated rings. The van der Waals surface area contributed by atoms with Crippen molar-refractivity contribution in [3.63, 3.8) is 0 Å². The number of carbonyl (C=O) groups excluding carboxylic acids is 1. The van der Waals surface area contributed by atoms with E-state index >= 15 is 0 Å². The first kappa shape index (κ1) is 32.4. The van der Waals surface area contributed by atoms with Gasteiger partial charge in [-0.05, 0) is 19.3 Å². The molecule has 0 saturated carbocycles. The van der Waals surface area contributed by atoms with E-state index in [1.165, 1.54) is 83.5 Å². The van der Waals surface area contributed by atoms with Crippen molar-refractivity contribution in [2.45, 2.75) is 129 Å². The largest absolute Gasteiger partial charge is 0.481 e. The van der Waals surface area contributed by atoms with Crippen LogP contribution in [0.25, 0.3) is 0 Å². The first-order chi connectivity index (χ1) is 15.3. The molecule has 8 heteroatoms. The van der Waals surface area contributed by atoms with Crippen LogP contribution in [0.1, 0.15) is 122 Å².